The molecule has 2 N–H and O–H groups in total. The lowest BCUT2D eigenvalue weighted by molar-refractivity contribution is 0.00912. The molecule has 100 valence electrons. The van der Waals surface area contributed by atoms with Gasteiger partial charge in [-0.25, -0.2) is 0 Å². The highest BCUT2D eigenvalue weighted by Gasteiger charge is 2.16. The van der Waals surface area contributed by atoms with Crippen LogP contribution in [0.15, 0.2) is 24.3 Å². The van der Waals surface area contributed by atoms with E-state index in [2.05, 4.69) is 6.07 Å². The lowest BCUT2D eigenvalue weighted by Gasteiger charge is -2.24. The average molecular weight is 249 g/mol. The molecule has 0 aromatic heterocycles. The Labute approximate surface area is 109 Å². The maximum absolute atomic E-state index is 6.22. The van der Waals surface area contributed by atoms with E-state index in [-0.39, 0.29) is 6.04 Å². The van der Waals surface area contributed by atoms with Crippen LogP contribution in [0.25, 0.3) is 0 Å². The fraction of sp³-hybridized carbons (Fsp3) is 0.600. The Morgan fingerprint density at radius 2 is 2.33 bits per heavy atom. The normalized spacial score (nSPS) is 21.6. The van der Waals surface area contributed by atoms with Gasteiger partial charge in [0.25, 0.3) is 0 Å². The molecule has 1 fully saturated rings. The molecule has 0 bridgehead atoms. The average Bonchev–Trinajstić information content (AvgIpc) is 2.46. The number of hydrogen-bond acceptors (Lipinski definition) is 3. The highest BCUT2D eigenvalue weighted by Crippen LogP contribution is 2.24. The minimum atomic E-state index is 0.0747. The molecule has 1 aliphatic rings. The van der Waals surface area contributed by atoms with E-state index < -0.39 is 0 Å². The Morgan fingerprint density at radius 3 is 3.06 bits per heavy atom. The molecule has 1 aromatic rings. The zero-order chi connectivity index (χ0) is 12.8. The molecule has 0 spiro atoms. The molecule has 18 heavy (non-hydrogen) atoms. The van der Waals surface area contributed by atoms with Gasteiger partial charge in [0.1, 0.15) is 5.75 Å². The van der Waals surface area contributed by atoms with Crippen molar-refractivity contribution in [1.82, 2.24) is 0 Å². The molecule has 1 aliphatic heterocycles. The predicted molar refractivity (Wildman–Crippen MR) is 72.7 cm³/mol. The first-order valence-electron chi connectivity index (χ1n) is 6.80. The molecule has 2 unspecified atom stereocenters. The highest BCUT2D eigenvalue weighted by molar-refractivity contribution is 5.30. The van der Waals surface area contributed by atoms with Gasteiger partial charge in [0.15, 0.2) is 0 Å². The fourth-order valence-corrected chi connectivity index (χ4v) is 2.44. The quantitative estimate of drug-likeness (QED) is 0.872. The predicted octanol–water partition coefficient (Wildman–Crippen LogP) is 3.04. The lowest BCUT2D eigenvalue weighted by Crippen LogP contribution is -2.21. The Balaban J connectivity index is 1.84. The smallest absolute Gasteiger partial charge is 0.119 e. The van der Waals surface area contributed by atoms with Crippen molar-refractivity contribution in [3.05, 3.63) is 29.8 Å². The van der Waals surface area contributed by atoms with Gasteiger partial charge in [-0.3, -0.25) is 0 Å². The summed E-state index contributed by atoms with van der Waals surface area (Å²) in [6.07, 6.45) is 6.12. The Hall–Kier alpha value is -1.06. The van der Waals surface area contributed by atoms with Crippen molar-refractivity contribution in [2.45, 2.75) is 44.2 Å². The fourth-order valence-electron chi connectivity index (χ4n) is 2.44. The summed E-state index contributed by atoms with van der Waals surface area (Å²) >= 11 is 0. The molecule has 3 heteroatoms. The Bertz CT molecular complexity index is 361. The van der Waals surface area contributed by atoms with Crippen molar-refractivity contribution in [3.8, 4) is 5.75 Å². The van der Waals surface area contributed by atoms with Crippen LogP contribution >= 0.6 is 0 Å². The lowest BCUT2D eigenvalue weighted by atomic mass is 9.98. The Kier molecular flexibility index (Phi) is 5.02. The van der Waals surface area contributed by atoms with Gasteiger partial charge in [-0.05, 0) is 49.8 Å². The van der Waals surface area contributed by atoms with E-state index in [1.165, 1.54) is 19.3 Å². The van der Waals surface area contributed by atoms with Gasteiger partial charge in [0.05, 0.1) is 13.2 Å². The van der Waals surface area contributed by atoms with Crippen molar-refractivity contribution in [1.29, 1.82) is 0 Å². The van der Waals surface area contributed by atoms with Crippen molar-refractivity contribution in [2.24, 2.45) is 5.73 Å². The van der Waals surface area contributed by atoms with Gasteiger partial charge in [-0.15, -0.1) is 0 Å². The molecule has 0 saturated carbocycles. The summed E-state index contributed by atoms with van der Waals surface area (Å²) in [5.74, 6) is 0.872. The largest absolute Gasteiger partial charge is 0.497 e. The van der Waals surface area contributed by atoms with Gasteiger partial charge in [0, 0.05) is 12.6 Å². The third-order valence-corrected chi connectivity index (χ3v) is 3.60. The molecule has 3 nitrogen and oxygen atoms in total. The summed E-state index contributed by atoms with van der Waals surface area (Å²) in [5, 5.41) is 0. The molecule has 0 aliphatic carbocycles. The van der Waals surface area contributed by atoms with Gasteiger partial charge in [0.2, 0.25) is 0 Å². The summed E-state index contributed by atoms with van der Waals surface area (Å²) < 4.78 is 10.9. The second-order valence-electron chi connectivity index (χ2n) is 4.95. The van der Waals surface area contributed by atoms with Crippen LogP contribution < -0.4 is 10.5 Å². The maximum atomic E-state index is 6.22. The van der Waals surface area contributed by atoms with E-state index in [9.17, 15) is 0 Å². The van der Waals surface area contributed by atoms with Crippen molar-refractivity contribution >= 4 is 0 Å². The third kappa shape index (κ3) is 3.72. The molecule has 0 radical (unpaired) electrons. The number of benzene rings is 1. The van der Waals surface area contributed by atoms with Crippen LogP contribution in [-0.2, 0) is 4.74 Å². The SMILES string of the molecule is COc1cccc(C(N)CCC2CCCCO2)c1. The summed E-state index contributed by atoms with van der Waals surface area (Å²) in [7, 11) is 1.68. The van der Waals surface area contributed by atoms with Crippen LogP contribution in [0.2, 0.25) is 0 Å². The maximum Gasteiger partial charge on any atom is 0.119 e. The molecule has 2 rings (SSSR count). The monoisotopic (exact) mass is 249 g/mol. The highest BCUT2D eigenvalue weighted by atomic mass is 16.5. The van der Waals surface area contributed by atoms with E-state index in [1.807, 2.05) is 18.2 Å². The molecular weight excluding hydrogens is 226 g/mol. The molecular formula is C15H23NO2. The van der Waals surface area contributed by atoms with Crippen LogP contribution in [0.5, 0.6) is 5.75 Å². The van der Waals surface area contributed by atoms with Crippen LogP contribution in [-0.4, -0.2) is 19.8 Å². The minimum absolute atomic E-state index is 0.0747. The topological polar surface area (TPSA) is 44.5 Å². The van der Waals surface area contributed by atoms with Crippen LogP contribution in [0, 0.1) is 0 Å². The van der Waals surface area contributed by atoms with Crippen LogP contribution in [0.4, 0.5) is 0 Å². The van der Waals surface area contributed by atoms with Gasteiger partial charge in [-0.1, -0.05) is 12.1 Å². The van der Waals surface area contributed by atoms with Gasteiger partial charge < -0.3 is 15.2 Å². The number of rotatable bonds is 5. The van der Waals surface area contributed by atoms with E-state index in [0.717, 1.165) is 30.8 Å². The van der Waals surface area contributed by atoms with Crippen LogP contribution in [0.1, 0.15) is 43.7 Å². The first kappa shape index (κ1) is 13.4. The molecule has 1 saturated heterocycles. The molecule has 1 aromatic carbocycles. The minimum Gasteiger partial charge on any atom is -0.497 e. The zero-order valence-electron chi connectivity index (χ0n) is 11.1. The third-order valence-electron chi connectivity index (χ3n) is 3.60. The van der Waals surface area contributed by atoms with E-state index in [0.29, 0.717) is 6.10 Å². The van der Waals surface area contributed by atoms with Crippen molar-refractivity contribution in [2.75, 3.05) is 13.7 Å². The summed E-state index contributed by atoms with van der Waals surface area (Å²) in [6.45, 7) is 0.916. The van der Waals surface area contributed by atoms with Crippen molar-refractivity contribution < 1.29 is 9.47 Å². The first-order chi connectivity index (χ1) is 8.79. The van der Waals surface area contributed by atoms with E-state index >= 15 is 0 Å². The first-order valence-corrected chi connectivity index (χ1v) is 6.80. The van der Waals surface area contributed by atoms with E-state index in [4.69, 9.17) is 15.2 Å². The zero-order valence-corrected chi connectivity index (χ0v) is 11.1. The summed E-state index contributed by atoms with van der Waals surface area (Å²) in [6, 6.07) is 8.10. The van der Waals surface area contributed by atoms with Gasteiger partial charge in [-0.2, -0.15) is 0 Å². The second kappa shape index (κ2) is 6.76. The second-order valence-corrected chi connectivity index (χ2v) is 4.95. The molecule has 2 atom stereocenters. The molecule has 1 heterocycles. The number of methoxy groups -OCH3 is 1. The van der Waals surface area contributed by atoms with Crippen LogP contribution in [0.3, 0.4) is 0 Å². The number of nitrogens with two attached hydrogens (primary N) is 1. The Morgan fingerprint density at radius 1 is 1.44 bits per heavy atom. The standard InChI is InChI=1S/C15H23NO2/c1-17-14-7-4-5-12(11-14)15(16)9-8-13-6-2-3-10-18-13/h4-5,7,11,13,15H,2-3,6,8-10,16H2,1H3. The summed E-state index contributed by atoms with van der Waals surface area (Å²) in [5.41, 5.74) is 7.37. The summed E-state index contributed by atoms with van der Waals surface area (Å²) in [4.78, 5) is 0. The van der Waals surface area contributed by atoms with Crippen molar-refractivity contribution in [3.63, 3.8) is 0 Å². The van der Waals surface area contributed by atoms with Gasteiger partial charge >= 0.3 is 0 Å². The molecule has 0 amide bonds. The number of ether oxygens (including phenoxy) is 2. The number of hydrogen-bond donors (Lipinski definition) is 1. The van der Waals surface area contributed by atoms with E-state index in [1.54, 1.807) is 7.11 Å².